The molecule has 0 unspecified atom stereocenters. The first-order chi connectivity index (χ1) is 3.18. The highest BCUT2D eigenvalue weighted by Gasteiger charge is 2.07. The zero-order chi connectivity index (χ0) is 5.86. The Morgan fingerprint density at radius 2 is 2.14 bits per heavy atom. The maximum Gasteiger partial charge on any atom is 0.312 e. The van der Waals surface area contributed by atoms with Gasteiger partial charge in [-0.05, 0) is 6.92 Å². The lowest BCUT2D eigenvalue weighted by atomic mass is 10.2. The van der Waals surface area contributed by atoms with Gasteiger partial charge in [-0.3, -0.25) is 4.79 Å². The maximum absolute atomic E-state index is 9.73. The third-order valence-electron chi connectivity index (χ3n) is 0.602. The van der Waals surface area contributed by atoms with Crippen LogP contribution in [0.25, 0.3) is 0 Å². The number of rotatable bonds is 2. The Morgan fingerprint density at radius 3 is 2.14 bits per heavy atom. The van der Waals surface area contributed by atoms with Crippen molar-refractivity contribution in [2.24, 2.45) is 0 Å². The Kier molecular flexibility index (Phi) is 2.37. The van der Waals surface area contributed by atoms with Gasteiger partial charge in [0, 0.05) is 0 Å². The quantitative estimate of drug-likeness (QED) is 0.502. The van der Waals surface area contributed by atoms with Gasteiger partial charge >= 0.3 is 5.97 Å². The third-order valence-corrected chi connectivity index (χ3v) is 0.602. The number of hydrogen-bond donors (Lipinski definition) is 2. The van der Waals surface area contributed by atoms with Gasteiger partial charge in [0.05, 0.1) is 6.61 Å². The first-order valence-electron chi connectivity index (χ1n) is 1.85. The summed E-state index contributed by atoms with van der Waals surface area (Å²) in [5.74, 6) is -0.970. The standard InChI is InChI=1S/C4H7O3/c1-3(2-5)4(6)7/h5H,2H2,1H3,(H,6,7). The lowest BCUT2D eigenvalue weighted by molar-refractivity contribution is -0.135. The Balaban J connectivity index is 3.34. The SMILES string of the molecule is C[C](CO)C(=O)O. The van der Waals surface area contributed by atoms with Crippen molar-refractivity contribution in [3.05, 3.63) is 5.92 Å². The Bertz CT molecular complexity index is 69.3. The Labute approximate surface area is 41.6 Å². The fraction of sp³-hybridized carbons (Fsp3) is 0.500. The van der Waals surface area contributed by atoms with Crippen LogP contribution in [-0.2, 0) is 4.79 Å². The zero-order valence-corrected chi connectivity index (χ0v) is 4.01. The smallest absolute Gasteiger partial charge is 0.312 e. The summed E-state index contributed by atoms with van der Waals surface area (Å²) in [4.78, 5) is 9.73. The second-order valence-corrected chi connectivity index (χ2v) is 1.24. The van der Waals surface area contributed by atoms with Crippen molar-refractivity contribution in [3.8, 4) is 0 Å². The molecule has 0 aromatic heterocycles. The molecule has 0 rings (SSSR count). The van der Waals surface area contributed by atoms with E-state index in [1.807, 2.05) is 0 Å². The molecule has 3 heteroatoms. The summed E-state index contributed by atoms with van der Waals surface area (Å²) >= 11 is 0. The molecular formula is C4H7O3. The minimum Gasteiger partial charge on any atom is -0.481 e. The van der Waals surface area contributed by atoms with Crippen molar-refractivity contribution in [3.63, 3.8) is 0 Å². The van der Waals surface area contributed by atoms with Gasteiger partial charge in [-0.25, -0.2) is 0 Å². The van der Waals surface area contributed by atoms with Gasteiger partial charge in [-0.15, -0.1) is 0 Å². The second kappa shape index (κ2) is 2.58. The Morgan fingerprint density at radius 1 is 1.71 bits per heavy atom. The number of aliphatic carboxylic acids is 1. The van der Waals surface area contributed by atoms with Crippen LogP contribution in [-0.4, -0.2) is 22.8 Å². The summed E-state index contributed by atoms with van der Waals surface area (Å²) in [6, 6.07) is 0. The molecule has 0 fully saturated rings. The van der Waals surface area contributed by atoms with Gasteiger partial charge in [0.1, 0.15) is 5.92 Å². The molecule has 0 aliphatic rings. The molecule has 0 bridgehead atoms. The van der Waals surface area contributed by atoms with E-state index in [-0.39, 0.29) is 12.5 Å². The van der Waals surface area contributed by atoms with Crippen molar-refractivity contribution >= 4 is 5.97 Å². The van der Waals surface area contributed by atoms with Crippen LogP contribution in [0.5, 0.6) is 0 Å². The van der Waals surface area contributed by atoms with Crippen LogP contribution in [0.3, 0.4) is 0 Å². The van der Waals surface area contributed by atoms with E-state index in [0.29, 0.717) is 0 Å². The second-order valence-electron chi connectivity index (χ2n) is 1.24. The fourth-order valence-corrected chi connectivity index (χ4v) is 0.0676. The molecular weight excluding hydrogens is 96.0 g/mol. The van der Waals surface area contributed by atoms with Crippen LogP contribution in [0.1, 0.15) is 6.92 Å². The molecule has 41 valence electrons. The van der Waals surface area contributed by atoms with Crippen molar-refractivity contribution in [1.82, 2.24) is 0 Å². The lowest BCUT2D eigenvalue weighted by Gasteiger charge is -1.94. The fourth-order valence-electron chi connectivity index (χ4n) is 0.0676. The number of carbonyl (C=O) groups is 1. The molecule has 0 saturated carbocycles. The average Bonchev–Trinajstić information content (AvgIpc) is 1.65. The molecule has 7 heavy (non-hydrogen) atoms. The van der Waals surface area contributed by atoms with Crippen LogP contribution in [0.15, 0.2) is 0 Å². The first kappa shape index (κ1) is 6.43. The highest BCUT2D eigenvalue weighted by molar-refractivity contribution is 5.82. The topological polar surface area (TPSA) is 57.5 Å². The van der Waals surface area contributed by atoms with Crippen molar-refractivity contribution in [1.29, 1.82) is 0 Å². The highest BCUT2D eigenvalue weighted by atomic mass is 16.4. The summed E-state index contributed by atoms with van der Waals surface area (Å²) in [6.45, 7) is 0.998. The number of carboxylic acid groups (broad SMARTS) is 1. The summed E-state index contributed by atoms with van der Waals surface area (Å²) in [6.07, 6.45) is 0. The van der Waals surface area contributed by atoms with E-state index in [9.17, 15) is 4.79 Å². The molecule has 0 saturated heterocycles. The molecule has 0 aliphatic carbocycles. The van der Waals surface area contributed by atoms with Gasteiger partial charge in [0.25, 0.3) is 0 Å². The predicted octanol–water partition coefficient (Wildman–Crippen LogP) is -0.342. The molecule has 2 N–H and O–H groups in total. The van der Waals surface area contributed by atoms with Gasteiger partial charge in [0.2, 0.25) is 0 Å². The van der Waals surface area contributed by atoms with Crippen LogP contribution >= 0.6 is 0 Å². The van der Waals surface area contributed by atoms with E-state index in [2.05, 4.69) is 0 Å². The van der Waals surface area contributed by atoms with Gasteiger partial charge in [0.15, 0.2) is 0 Å². The summed E-state index contributed by atoms with van der Waals surface area (Å²) in [5.41, 5.74) is 0. The number of aliphatic hydroxyl groups excluding tert-OH is 1. The minimum atomic E-state index is -1.04. The van der Waals surface area contributed by atoms with E-state index in [0.717, 1.165) is 0 Å². The average molecular weight is 103 g/mol. The summed E-state index contributed by atoms with van der Waals surface area (Å²) in [7, 11) is 0. The first-order valence-corrected chi connectivity index (χ1v) is 1.85. The number of aliphatic hydroxyl groups is 1. The van der Waals surface area contributed by atoms with Crippen LogP contribution in [0.4, 0.5) is 0 Å². The summed E-state index contributed by atoms with van der Waals surface area (Å²) < 4.78 is 0. The molecule has 0 spiro atoms. The third kappa shape index (κ3) is 2.17. The number of hydrogen-bond acceptors (Lipinski definition) is 2. The monoisotopic (exact) mass is 103 g/mol. The van der Waals surface area contributed by atoms with E-state index >= 15 is 0 Å². The summed E-state index contributed by atoms with van der Waals surface area (Å²) in [5, 5.41) is 16.1. The van der Waals surface area contributed by atoms with E-state index in [1.54, 1.807) is 0 Å². The van der Waals surface area contributed by atoms with E-state index in [4.69, 9.17) is 10.2 Å². The van der Waals surface area contributed by atoms with Gasteiger partial charge in [-0.1, -0.05) is 0 Å². The van der Waals surface area contributed by atoms with Crippen molar-refractivity contribution < 1.29 is 15.0 Å². The molecule has 0 heterocycles. The molecule has 1 radical (unpaired) electrons. The molecule has 0 amide bonds. The number of carboxylic acids is 1. The Hall–Kier alpha value is -0.570. The van der Waals surface area contributed by atoms with Crippen LogP contribution in [0, 0.1) is 5.92 Å². The lowest BCUT2D eigenvalue weighted by Crippen LogP contribution is -2.10. The largest absolute Gasteiger partial charge is 0.481 e. The normalized spacial score (nSPS) is 9.57. The molecule has 0 aromatic carbocycles. The van der Waals surface area contributed by atoms with E-state index in [1.165, 1.54) is 6.92 Å². The zero-order valence-electron chi connectivity index (χ0n) is 4.01. The molecule has 3 nitrogen and oxygen atoms in total. The van der Waals surface area contributed by atoms with Crippen LogP contribution in [0.2, 0.25) is 0 Å². The molecule has 0 aromatic rings. The predicted molar refractivity (Wildman–Crippen MR) is 23.6 cm³/mol. The van der Waals surface area contributed by atoms with Gasteiger partial charge < -0.3 is 10.2 Å². The van der Waals surface area contributed by atoms with Gasteiger partial charge in [-0.2, -0.15) is 0 Å². The molecule has 0 aliphatic heterocycles. The molecule has 0 atom stereocenters. The van der Waals surface area contributed by atoms with E-state index < -0.39 is 5.97 Å². The highest BCUT2D eigenvalue weighted by Crippen LogP contribution is 1.92. The van der Waals surface area contributed by atoms with Crippen LogP contribution < -0.4 is 0 Å². The van der Waals surface area contributed by atoms with Crippen molar-refractivity contribution in [2.45, 2.75) is 6.92 Å². The maximum atomic E-state index is 9.73. The minimum absolute atomic E-state index is 0.0694. The van der Waals surface area contributed by atoms with Crippen molar-refractivity contribution in [2.75, 3.05) is 6.61 Å².